The van der Waals surface area contributed by atoms with Gasteiger partial charge < -0.3 is 9.30 Å². The van der Waals surface area contributed by atoms with Crippen LogP contribution in [0.15, 0.2) is 60.7 Å². The van der Waals surface area contributed by atoms with Crippen molar-refractivity contribution in [2.24, 2.45) is 0 Å². The number of ether oxygens (including phenoxy) is 1. The van der Waals surface area contributed by atoms with E-state index in [1.165, 1.54) is 0 Å². The van der Waals surface area contributed by atoms with Crippen molar-refractivity contribution in [3.8, 4) is 11.1 Å². The number of ketones is 1. The van der Waals surface area contributed by atoms with Gasteiger partial charge in [0.2, 0.25) is 5.78 Å². The Balaban J connectivity index is 1.40. The number of benzene rings is 2. The van der Waals surface area contributed by atoms with E-state index in [-0.39, 0.29) is 12.4 Å². The molecule has 3 aromatic rings. The molecule has 2 aromatic carbocycles. The molecule has 0 unspecified atom stereocenters. The molecular weight excluding hydrogens is 350 g/mol. The van der Waals surface area contributed by atoms with Crippen molar-refractivity contribution in [1.29, 1.82) is 0 Å². The maximum Gasteiger partial charge on any atom is 0.338 e. The van der Waals surface area contributed by atoms with E-state index in [9.17, 15) is 9.59 Å². The molecule has 1 fully saturated rings. The largest absolute Gasteiger partial charge is 0.454 e. The van der Waals surface area contributed by atoms with Crippen LogP contribution in [0.1, 0.15) is 51.0 Å². The molecule has 0 bridgehead atoms. The zero-order chi connectivity index (χ0) is 19.7. The molecule has 28 heavy (non-hydrogen) atoms. The number of carbonyl (C=O) groups excluding carboxylic acids is 2. The fourth-order valence-corrected chi connectivity index (χ4v) is 3.68. The number of esters is 1. The molecule has 1 aliphatic carbocycles. The van der Waals surface area contributed by atoms with Gasteiger partial charge in [0.25, 0.3) is 0 Å². The highest BCUT2D eigenvalue weighted by atomic mass is 16.5. The molecule has 1 aliphatic rings. The van der Waals surface area contributed by atoms with E-state index < -0.39 is 5.97 Å². The lowest BCUT2D eigenvalue weighted by Crippen LogP contribution is -2.15. The lowest BCUT2D eigenvalue weighted by Gasteiger charge is -2.08. The molecule has 0 spiro atoms. The first-order valence-corrected chi connectivity index (χ1v) is 9.59. The maximum atomic E-state index is 12.6. The predicted octanol–water partition coefficient (Wildman–Crippen LogP) is 5.15. The minimum atomic E-state index is -0.482. The van der Waals surface area contributed by atoms with Crippen molar-refractivity contribution in [3.05, 3.63) is 83.2 Å². The third kappa shape index (κ3) is 3.63. The van der Waals surface area contributed by atoms with Crippen molar-refractivity contribution in [2.75, 3.05) is 6.61 Å². The first-order chi connectivity index (χ1) is 13.5. The molecule has 0 aliphatic heterocycles. The summed E-state index contributed by atoms with van der Waals surface area (Å²) in [4.78, 5) is 24.9. The molecule has 4 heteroatoms. The Hall–Kier alpha value is -3.14. The molecule has 0 N–H and O–H groups in total. The highest BCUT2D eigenvalue weighted by molar-refractivity contribution is 6.00. The molecule has 0 saturated heterocycles. The quantitative estimate of drug-likeness (QED) is 0.444. The highest BCUT2D eigenvalue weighted by Gasteiger charge is 2.28. The molecule has 142 valence electrons. The lowest BCUT2D eigenvalue weighted by atomic mass is 10.0. The van der Waals surface area contributed by atoms with E-state index in [4.69, 9.17) is 4.74 Å². The zero-order valence-electron chi connectivity index (χ0n) is 16.1. The highest BCUT2D eigenvalue weighted by Crippen LogP contribution is 2.38. The standard InChI is InChI=1S/C24H23NO3/c1-16-14-22(17(2)25(16)21-12-13-21)23(26)15-28-24(27)20-10-8-19(9-11-20)18-6-4-3-5-7-18/h3-11,14,21H,12-13,15H2,1-2H3. The lowest BCUT2D eigenvalue weighted by molar-refractivity contribution is 0.0474. The van der Waals surface area contributed by atoms with E-state index in [1.54, 1.807) is 12.1 Å². The number of hydrogen-bond acceptors (Lipinski definition) is 3. The molecule has 1 aromatic heterocycles. The Labute approximate surface area is 164 Å². The number of rotatable bonds is 6. The minimum absolute atomic E-state index is 0.158. The topological polar surface area (TPSA) is 48.3 Å². The zero-order valence-corrected chi connectivity index (χ0v) is 16.1. The van der Waals surface area contributed by atoms with Gasteiger partial charge in [0.05, 0.1) is 5.56 Å². The Morgan fingerprint density at radius 1 is 0.964 bits per heavy atom. The van der Waals surface area contributed by atoms with Crippen LogP contribution in [0.4, 0.5) is 0 Å². The smallest absolute Gasteiger partial charge is 0.338 e. The Kier molecular flexibility index (Phi) is 4.86. The first kappa shape index (κ1) is 18.2. The summed E-state index contributed by atoms with van der Waals surface area (Å²) in [5.41, 5.74) is 5.26. The molecule has 0 radical (unpaired) electrons. The van der Waals surface area contributed by atoms with E-state index in [0.29, 0.717) is 17.2 Å². The molecule has 0 amide bonds. The van der Waals surface area contributed by atoms with Crippen LogP contribution in [0.25, 0.3) is 11.1 Å². The van der Waals surface area contributed by atoms with Gasteiger partial charge in [-0.2, -0.15) is 0 Å². The summed E-state index contributed by atoms with van der Waals surface area (Å²) in [6, 6.07) is 19.6. The van der Waals surface area contributed by atoms with Gasteiger partial charge >= 0.3 is 5.97 Å². The average molecular weight is 373 g/mol. The molecule has 4 nitrogen and oxygen atoms in total. The van der Waals surface area contributed by atoms with Crippen molar-refractivity contribution in [1.82, 2.24) is 4.57 Å². The number of nitrogens with zero attached hydrogens (tertiary/aromatic N) is 1. The molecule has 0 atom stereocenters. The molecule has 1 heterocycles. The Morgan fingerprint density at radius 3 is 2.25 bits per heavy atom. The Bertz CT molecular complexity index is 1010. The summed E-state index contributed by atoms with van der Waals surface area (Å²) < 4.78 is 7.49. The second-order valence-corrected chi connectivity index (χ2v) is 7.33. The van der Waals surface area contributed by atoms with Gasteiger partial charge in [0, 0.05) is 23.0 Å². The summed E-state index contributed by atoms with van der Waals surface area (Å²) >= 11 is 0. The van der Waals surface area contributed by atoms with Crippen molar-refractivity contribution >= 4 is 11.8 Å². The van der Waals surface area contributed by atoms with Crippen LogP contribution in [-0.4, -0.2) is 22.9 Å². The van der Waals surface area contributed by atoms with Crippen molar-refractivity contribution in [3.63, 3.8) is 0 Å². The molecule has 4 rings (SSSR count). The molecule has 1 saturated carbocycles. The monoisotopic (exact) mass is 373 g/mol. The third-order valence-electron chi connectivity index (χ3n) is 5.26. The normalized spacial score (nSPS) is 13.4. The third-order valence-corrected chi connectivity index (χ3v) is 5.26. The number of hydrogen-bond donors (Lipinski definition) is 0. The summed E-state index contributed by atoms with van der Waals surface area (Å²) in [5.74, 6) is -0.641. The second kappa shape index (κ2) is 7.47. The minimum Gasteiger partial charge on any atom is -0.454 e. The van der Waals surface area contributed by atoms with E-state index >= 15 is 0 Å². The number of aromatic nitrogens is 1. The maximum absolute atomic E-state index is 12.6. The summed E-state index contributed by atoms with van der Waals surface area (Å²) in [5, 5.41) is 0. The van der Waals surface area contributed by atoms with Gasteiger partial charge in [-0.3, -0.25) is 4.79 Å². The fourth-order valence-electron chi connectivity index (χ4n) is 3.68. The number of carbonyl (C=O) groups is 2. The van der Waals surface area contributed by atoms with Crippen LogP contribution >= 0.6 is 0 Å². The van der Waals surface area contributed by atoms with Crippen LogP contribution in [-0.2, 0) is 4.74 Å². The second-order valence-electron chi connectivity index (χ2n) is 7.33. The van der Waals surface area contributed by atoms with E-state index in [0.717, 1.165) is 35.4 Å². The van der Waals surface area contributed by atoms with Gasteiger partial charge in [-0.05, 0) is 56.0 Å². The first-order valence-electron chi connectivity index (χ1n) is 9.59. The van der Waals surface area contributed by atoms with Crippen LogP contribution in [0.2, 0.25) is 0 Å². The van der Waals surface area contributed by atoms with Gasteiger partial charge in [-0.1, -0.05) is 42.5 Å². The predicted molar refractivity (Wildman–Crippen MR) is 109 cm³/mol. The summed E-state index contributed by atoms with van der Waals surface area (Å²) in [6.45, 7) is 3.74. The summed E-state index contributed by atoms with van der Waals surface area (Å²) in [7, 11) is 0. The van der Waals surface area contributed by atoms with Crippen molar-refractivity contribution < 1.29 is 14.3 Å². The van der Waals surface area contributed by atoms with Gasteiger partial charge in [-0.25, -0.2) is 4.79 Å². The van der Waals surface area contributed by atoms with Crippen LogP contribution in [0.3, 0.4) is 0 Å². The SMILES string of the molecule is Cc1cc(C(=O)COC(=O)c2ccc(-c3ccccc3)cc2)c(C)n1C1CC1. The van der Waals surface area contributed by atoms with Gasteiger partial charge in [-0.15, -0.1) is 0 Å². The number of aryl methyl sites for hydroxylation is 1. The van der Waals surface area contributed by atoms with Crippen LogP contribution in [0.5, 0.6) is 0 Å². The van der Waals surface area contributed by atoms with Gasteiger partial charge in [0.1, 0.15) is 0 Å². The van der Waals surface area contributed by atoms with Crippen LogP contribution < -0.4 is 0 Å². The molecular formula is C24H23NO3. The fraction of sp³-hybridized carbons (Fsp3) is 0.250. The Morgan fingerprint density at radius 2 is 1.61 bits per heavy atom. The van der Waals surface area contributed by atoms with E-state index in [1.807, 2.05) is 62.4 Å². The van der Waals surface area contributed by atoms with Crippen molar-refractivity contribution in [2.45, 2.75) is 32.7 Å². The van der Waals surface area contributed by atoms with E-state index in [2.05, 4.69) is 4.57 Å². The summed E-state index contributed by atoms with van der Waals surface area (Å²) in [6.07, 6.45) is 2.33. The average Bonchev–Trinajstić information content (AvgIpc) is 3.51. The number of Topliss-reactive ketones (excluding diaryl/α,β-unsaturated/α-hetero) is 1. The van der Waals surface area contributed by atoms with Gasteiger partial charge in [0.15, 0.2) is 6.61 Å². The van der Waals surface area contributed by atoms with Crippen LogP contribution in [0, 0.1) is 13.8 Å².